The molecule has 0 amide bonds. The monoisotopic (exact) mass is 292 g/mol. The van der Waals surface area contributed by atoms with Gasteiger partial charge in [0.2, 0.25) is 0 Å². The summed E-state index contributed by atoms with van der Waals surface area (Å²) in [5.74, 6) is 0.929. The molecule has 1 aromatic rings. The number of benzene rings is 1. The van der Waals surface area contributed by atoms with E-state index in [-0.39, 0.29) is 6.79 Å². The van der Waals surface area contributed by atoms with Crippen LogP contribution in [0.4, 0.5) is 0 Å². The minimum Gasteiger partial charge on any atom is -0.494 e. The normalized spacial score (nSPS) is 11.0. The highest BCUT2D eigenvalue weighted by Gasteiger charge is 1.95. The van der Waals surface area contributed by atoms with Crippen molar-refractivity contribution in [2.45, 2.75) is 45.4 Å². The minimum absolute atomic E-state index is 0.274. The van der Waals surface area contributed by atoms with Gasteiger partial charge < -0.3 is 14.2 Å². The average Bonchev–Trinajstić information content (AvgIpc) is 2.52. The predicted octanol–water partition coefficient (Wildman–Crippen LogP) is 5.02. The number of ether oxygens (including phenoxy) is 3. The van der Waals surface area contributed by atoms with Gasteiger partial charge in [-0.15, -0.1) is 0 Å². The first-order valence-corrected chi connectivity index (χ1v) is 7.86. The van der Waals surface area contributed by atoms with Crippen LogP contribution in [0.5, 0.6) is 5.75 Å². The number of unbranched alkanes of at least 4 members (excludes halogenated alkanes) is 5. The maximum absolute atomic E-state index is 5.74. The zero-order valence-corrected chi connectivity index (χ0v) is 13.3. The number of hydrogen-bond donors (Lipinski definition) is 0. The molecule has 0 unspecified atom stereocenters. The smallest absolute Gasteiger partial charge is 0.187 e. The van der Waals surface area contributed by atoms with Gasteiger partial charge in [-0.25, -0.2) is 0 Å². The van der Waals surface area contributed by atoms with Crippen molar-refractivity contribution in [3.05, 3.63) is 36.1 Å². The molecule has 0 heterocycles. The van der Waals surface area contributed by atoms with Crippen LogP contribution in [0.15, 0.2) is 30.5 Å². The molecule has 3 nitrogen and oxygen atoms in total. The van der Waals surface area contributed by atoms with Crippen LogP contribution in [0, 0.1) is 0 Å². The first kappa shape index (κ1) is 17.6. The Kier molecular flexibility index (Phi) is 10.3. The Labute approximate surface area is 128 Å². The molecule has 0 aromatic heterocycles. The molecule has 0 aliphatic rings. The Bertz CT molecular complexity index is 371. The Morgan fingerprint density at radius 1 is 0.952 bits per heavy atom. The van der Waals surface area contributed by atoms with Gasteiger partial charge in [0.05, 0.1) is 12.9 Å². The van der Waals surface area contributed by atoms with Crippen molar-refractivity contribution in [2.75, 3.05) is 20.5 Å². The summed E-state index contributed by atoms with van der Waals surface area (Å²) >= 11 is 0. The molecule has 0 radical (unpaired) electrons. The first-order chi connectivity index (χ1) is 10.4. The molecule has 0 spiro atoms. The van der Waals surface area contributed by atoms with Crippen molar-refractivity contribution in [3.63, 3.8) is 0 Å². The summed E-state index contributed by atoms with van der Waals surface area (Å²) in [5, 5.41) is 0. The lowest BCUT2D eigenvalue weighted by Crippen LogP contribution is -1.97. The number of rotatable bonds is 12. The lowest BCUT2D eigenvalue weighted by molar-refractivity contribution is 0.0208. The summed E-state index contributed by atoms with van der Waals surface area (Å²) in [7, 11) is 1.60. The van der Waals surface area contributed by atoms with Gasteiger partial charge >= 0.3 is 0 Å². The van der Waals surface area contributed by atoms with Crippen LogP contribution >= 0.6 is 0 Å². The second kappa shape index (κ2) is 12.3. The highest BCUT2D eigenvalue weighted by atomic mass is 16.7. The molecule has 0 aliphatic heterocycles. The van der Waals surface area contributed by atoms with Crippen molar-refractivity contribution in [3.8, 4) is 5.75 Å². The van der Waals surface area contributed by atoms with Gasteiger partial charge in [-0.3, -0.25) is 0 Å². The Balaban J connectivity index is 2.14. The van der Waals surface area contributed by atoms with Gasteiger partial charge in [-0.05, 0) is 30.2 Å². The van der Waals surface area contributed by atoms with Crippen molar-refractivity contribution in [1.82, 2.24) is 0 Å². The molecule has 0 N–H and O–H groups in total. The summed E-state index contributed by atoms with van der Waals surface area (Å²) in [6.45, 7) is 3.32. The Hall–Kier alpha value is -1.48. The van der Waals surface area contributed by atoms with E-state index in [1.165, 1.54) is 32.1 Å². The summed E-state index contributed by atoms with van der Waals surface area (Å²) in [4.78, 5) is 0. The SMILES string of the molecule is CCCCCCCCOc1ccc(/C=C\OCOC)cc1. The third-order valence-electron chi connectivity index (χ3n) is 3.19. The fourth-order valence-corrected chi connectivity index (χ4v) is 1.98. The van der Waals surface area contributed by atoms with Crippen molar-refractivity contribution in [2.24, 2.45) is 0 Å². The Morgan fingerprint density at radius 3 is 2.38 bits per heavy atom. The largest absolute Gasteiger partial charge is 0.494 e. The van der Waals surface area contributed by atoms with E-state index in [0.29, 0.717) is 0 Å². The molecule has 118 valence electrons. The highest BCUT2D eigenvalue weighted by Crippen LogP contribution is 2.14. The second-order valence-corrected chi connectivity index (χ2v) is 5.06. The maximum Gasteiger partial charge on any atom is 0.187 e. The molecule has 0 fully saturated rings. The van der Waals surface area contributed by atoms with E-state index in [1.54, 1.807) is 13.4 Å². The van der Waals surface area contributed by atoms with E-state index >= 15 is 0 Å². The van der Waals surface area contributed by atoms with Gasteiger partial charge in [0.25, 0.3) is 0 Å². The average molecular weight is 292 g/mol. The van der Waals surface area contributed by atoms with E-state index in [2.05, 4.69) is 6.92 Å². The highest BCUT2D eigenvalue weighted by molar-refractivity contribution is 5.49. The number of methoxy groups -OCH3 is 1. The summed E-state index contributed by atoms with van der Waals surface area (Å²) < 4.78 is 15.6. The van der Waals surface area contributed by atoms with E-state index in [1.807, 2.05) is 30.3 Å². The van der Waals surface area contributed by atoms with E-state index in [0.717, 1.165) is 24.3 Å². The van der Waals surface area contributed by atoms with Crippen molar-refractivity contribution in [1.29, 1.82) is 0 Å². The summed E-state index contributed by atoms with van der Waals surface area (Å²) in [6.07, 6.45) is 11.3. The summed E-state index contributed by atoms with van der Waals surface area (Å²) in [6, 6.07) is 8.02. The molecule has 1 aromatic carbocycles. The topological polar surface area (TPSA) is 27.7 Å². The standard InChI is InChI=1S/C18H28O3/c1-3-4-5-6-7-8-14-21-18-11-9-17(10-12-18)13-15-20-16-19-2/h9-13,15H,3-8,14,16H2,1-2H3/b15-13-. The fraction of sp³-hybridized carbons (Fsp3) is 0.556. The van der Waals surface area contributed by atoms with Crippen LogP contribution in [0.25, 0.3) is 6.08 Å². The molecule has 0 atom stereocenters. The van der Waals surface area contributed by atoms with Crippen LogP contribution < -0.4 is 4.74 Å². The molecule has 1 rings (SSSR count). The molecule has 0 saturated carbocycles. The summed E-state index contributed by atoms with van der Waals surface area (Å²) in [5.41, 5.74) is 1.08. The second-order valence-electron chi connectivity index (χ2n) is 5.06. The molecular weight excluding hydrogens is 264 g/mol. The molecular formula is C18H28O3. The molecule has 0 bridgehead atoms. The lowest BCUT2D eigenvalue weighted by atomic mass is 10.1. The van der Waals surface area contributed by atoms with E-state index < -0.39 is 0 Å². The third kappa shape index (κ3) is 9.14. The Morgan fingerprint density at radius 2 is 1.67 bits per heavy atom. The number of hydrogen-bond acceptors (Lipinski definition) is 3. The maximum atomic E-state index is 5.74. The molecule has 21 heavy (non-hydrogen) atoms. The molecule has 3 heteroatoms. The van der Waals surface area contributed by atoms with Crippen LogP contribution in [0.3, 0.4) is 0 Å². The van der Waals surface area contributed by atoms with Crippen LogP contribution in [0.1, 0.15) is 51.0 Å². The van der Waals surface area contributed by atoms with Crippen molar-refractivity contribution >= 4 is 6.08 Å². The third-order valence-corrected chi connectivity index (χ3v) is 3.19. The fourth-order valence-electron chi connectivity index (χ4n) is 1.98. The molecule has 0 saturated heterocycles. The zero-order chi connectivity index (χ0) is 15.2. The van der Waals surface area contributed by atoms with Gasteiger partial charge in [0.15, 0.2) is 6.79 Å². The van der Waals surface area contributed by atoms with E-state index in [4.69, 9.17) is 14.2 Å². The van der Waals surface area contributed by atoms with Gasteiger partial charge in [-0.1, -0.05) is 51.2 Å². The van der Waals surface area contributed by atoms with Gasteiger partial charge in [0.1, 0.15) is 5.75 Å². The quantitative estimate of drug-likeness (QED) is 0.308. The van der Waals surface area contributed by atoms with Gasteiger partial charge in [0, 0.05) is 7.11 Å². The van der Waals surface area contributed by atoms with Crippen LogP contribution in [0.2, 0.25) is 0 Å². The van der Waals surface area contributed by atoms with Crippen molar-refractivity contribution < 1.29 is 14.2 Å². The first-order valence-electron chi connectivity index (χ1n) is 7.86. The minimum atomic E-state index is 0.274. The predicted molar refractivity (Wildman–Crippen MR) is 87.3 cm³/mol. The van der Waals surface area contributed by atoms with Crippen LogP contribution in [-0.4, -0.2) is 20.5 Å². The zero-order valence-electron chi connectivity index (χ0n) is 13.3. The van der Waals surface area contributed by atoms with Crippen LogP contribution in [-0.2, 0) is 9.47 Å². The van der Waals surface area contributed by atoms with Gasteiger partial charge in [-0.2, -0.15) is 0 Å². The lowest BCUT2D eigenvalue weighted by Gasteiger charge is -2.06. The molecule has 0 aliphatic carbocycles. The van der Waals surface area contributed by atoms with E-state index in [9.17, 15) is 0 Å².